The van der Waals surface area contributed by atoms with Gasteiger partial charge in [0.1, 0.15) is 11.4 Å². The third-order valence-corrected chi connectivity index (χ3v) is 3.64. The first-order chi connectivity index (χ1) is 9.76. The van der Waals surface area contributed by atoms with Crippen LogP contribution >= 0.6 is 15.9 Å². The molecule has 1 aromatic rings. The highest BCUT2D eigenvalue weighted by molar-refractivity contribution is 9.10. The second-order valence-corrected chi connectivity index (χ2v) is 6.75. The van der Waals surface area contributed by atoms with Crippen LogP contribution in [0.2, 0.25) is 0 Å². The number of carbonyl (C=O) groups is 1. The highest BCUT2D eigenvalue weighted by atomic mass is 79.9. The Morgan fingerprint density at radius 1 is 1.29 bits per heavy atom. The van der Waals surface area contributed by atoms with Gasteiger partial charge in [0.05, 0.1) is 4.47 Å². The van der Waals surface area contributed by atoms with E-state index in [9.17, 15) is 9.18 Å². The Kier molecular flexibility index (Phi) is 4.70. The van der Waals surface area contributed by atoms with Gasteiger partial charge in [-0.3, -0.25) is 0 Å². The maximum atomic E-state index is 13.5. The molecule has 2 heterocycles. The zero-order valence-corrected chi connectivity index (χ0v) is 14.0. The first-order valence-electron chi connectivity index (χ1n) is 6.81. The van der Waals surface area contributed by atoms with Gasteiger partial charge in [0.2, 0.25) is 5.95 Å². The Morgan fingerprint density at radius 3 is 2.43 bits per heavy atom. The van der Waals surface area contributed by atoms with Gasteiger partial charge in [-0.15, -0.1) is 0 Å². The van der Waals surface area contributed by atoms with Crippen molar-refractivity contribution in [3.05, 3.63) is 22.6 Å². The number of rotatable bonds is 1. The van der Waals surface area contributed by atoms with Crippen molar-refractivity contribution in [2.45, 2.75) is 26.4 Å². The van der Waals surface area contributed by atoms with Crippen molar-refractivity contribution in [3.63, 3.8) is 0 Å². The summed E-state index contributed by atoms with van der Waals surface area (Å²) in [6, 6.07) is 3.40. The minimum atomic E-state index is -0.526. The van der Waals surface area contributed by atoms with Crippen molar-refractivity contribution >= 4 is 27.8 Å². The molecule has 0 bridgehead atoms. The van der Waals surface area contributed by atoms with Gasteiger partial charge in [0.25, 0.3) is 0 Å². The summed E-state index contributed by atoms with van der Waals surface area (Å²) in [5.74, 6) is 0.0570. The van der Waals surface area contributed by atoms with E-state index in [1.54, 1.807) is 17.0 Å². The highest BCUT2D eigenvalue weighted by Gasteiger charge is 2.26. The van der Waals surface area contributed by atoms with E-state index < -0.39 is 11.5 Å². The second-order valence-electron chi connectivity index (χ2n) is 5.90. The van der Waals surface area contributed by atoms with Crippen LogP contribution < -0.4 is 4.90 Å². The van der Waals surface area contributed by atoms with Crippen molar-refractivity contribution in [3.8, 4) is 0 Å². The number of hydrogen-bond donors (Lipinski definition) is 0. The first-order valence-corrected chi connectivity index (χ1v) is 7.60. The lowest BCUT2D eigenvalue weighted by Crippen LogP contribution is -2.50. The largest absolute Gasteiger partial charge is 0.444 e. The van der Waals surface area contributed by atoms with Gasteiger partial charge in [0.15, 0.2) is 0 Å². The fourth-order valence-corrected chi connectivity index (χ4v) is 2.25. The first kappa shape index (κ1) is 16.0. The molecule has 5 nitrogen and oxygen atoms in total. The fraction of sp³-hybridized carbons (Fsp3) is 0.571. The number of halogens is 2. The molecular weight excluding hydrogens is 341 g/mol. The minimum Gasteiger partial charge on any atom is -0.444 e. The maximum Gasteiger partial charge on any atom is 0.410 e. The van der Waals surface area contributed by atoms with Crippen LogP contribution in [-0.2, 0) is 4.74 Å². The zero-order valence-electron chi connectivity index (χ0n) is 12.4. The highest BCUT2D eigenvalue weighted by Crippen LogP contribution is 2.20. The second kappa shape index (κ2) is 6.17. The summed E-state index contributed by atoms with van der Waals surface area (Å²) < 4.78 is 19.1. The number of carbonyl (C=O) groups excluding carboxylic acids is 1. The number of amides is 1. The van der Waals surface area contributed by atoms with E-state index >= 15 is 0 Å². The molecule has 116 valence electrons. The smallest absolute Gasteiger partial charge is 0.410 e. The Morgan fingerprint density at radius 2 is 1.90 bits per heavy atom. The molecule has 7 heteroatoms. The Balaban J connectivity index is 1.94. The average Bonchev–Trinajstić information content (AvgIpc) is 2.40. The summed E-state index contributed by atoms with van der Waals surface area (Å²) in [7, 11) is 0. The summed E-state index contributed by atoms with van der Waals surface area (Å²) in [5.41, 5.74) is -0.495. The van der Waals surface area contributed by atoms with Crippen LogP contribution in [0, 0.1) is 5.95 Å². The van der Waals surface area contributed by atoms with Crippen molar-refractivity contribution in [2.75, 3.05) is 31.1 Å². The zero-order chi connectivity index (χ0) is 15.6. The molecule has 1 aliphatic rings. The maximum absolute atomic E-state index is 13.5. The lowest BCUT2D eigenvalue weighted by Gasteiger charge is -2.36. The van der Waals surface area contributed by atoms with Gasteiger partial charge >= 0.3 is 6.09 Å². The molecule has 0 radical (unpaired) electrons. The number of aromatic nitrogens is 1. The number of piperazine rings is 1. The lowest BCUT2D eigenvalue weighted by molar-refractivity contribution is 0.0240. The molecule has 0 spiro atoms. The predicted molar refractivity (Wildman–Crippen MR) is 81.9 cm³/mol. The molecule has 0 saturated carbocycles. The molecule has 1 saturated heterocycles. The quantitative estimate of drug-likeness (QED) is 0.723. The van der Waals surface area contributed by atoms with Crippen molar-refractivity contribution in [1.82, 2.24) is 9.88 Å². The number of nitrogens with zero attached hydrogens (tertiary/aromatic N) is 3. The van der Waals surface area contributed by atoms with Crippen molar-refractivity contribution in [2.24, 2.45) is 0 Å². The molecule has 0 N–H and O–H groups in total. The topological polar surface area (TPSA) is 45.7 Å². The minimum absolute atomic E-state index is 0.308. The van der Waals surface area contributed by atoms with E-state index in [0.29, 0.717) is 36.5 Å². The van der Waals surface area contributed by atoms with Gasteiger partial charge in [-0.1, -0.05) is 0 Å². The molecule has 1 aromatic heterocycles. The molecule has 0 unspecified atom stereocenters. The Labute approximate surface area is 132 Å². The SMILES string of the molecule is CC(C)(C)OC(=O)N1CCN(c2ccc(Br)c(F)n2)CC1. The molecule has 21 heavy (non-hydrogen) atoms. The van der Waals surface area contributed by atoms with Crippen LogP contribution in [-0.4, -0.2) is 47.8 Å². The standard InChI is InChI=1S/C14H19BrFN3O2/c1-14(2,3)21-13(20)19-8-6-18(7-9-19)11-5-4-10(15)12(16)17-11/h4-5H,6-9H2,1-3H3. The van der Waals surface area contributed by atoms with Crippen LogP contribution in [0.1, 0.15) is 20.8 Å². The third-order valence-electron chi connectivity index (χ3n) is 3.04. The molecule has 0 atom stereocenters. The molecule has 1 aliphatic heterocycles. The summed E-state index contributed by atoms with van der Waals surface area (Å²) in [6.45, 7) is 7.81. The van der Waals surface area contributed by atoms with Gasteiger partial charge in [-0.25, -0.2) is 9.78 Å². The molecule has 1 amide bonds. The third kappa shape index (κ3) is 4.30. The van der Waals surface area contributed by atoms with Crippen LogP contribution in [0.25, 0.3) is 0 Å². The summed E-state index contributed by atoms with van der Waals surface area (Å²) in [4.78, 5) is 19.5. The normalized spacial score (nSPS) is 16.0. The molecule has 2 rings (SSSR count). The number of ether oxygens (including phenoxy) is 1. The molecule has 1 fully saturated rings. The van der Waals surface area contributed by atoms with Crippen LogP contribution in [0.15, 0.2) is 16.6 Å². The van der Waals surface area contributed by atoms with Gasteiger partial charge < -0.3 is 14.5 Å². The number of hydrogen-bond acceptors (Lipinski definition) is 4. The van der Waals surface area contributed by atoms with E-state index in [2.05, 4.69) is 20.9 Å². The van der Waals surface area contributed by atoms with E-state index in [0.717, 1.165) is 0 Å². The van der Waals surface area contributed by atoms with E-state index in [4.69, 9.17) is 4.74 Å². The van der Waals surface area contributed by atoms with Gasteiger partial charge in [-0.05, 0) is 48.8 Å². The van der Waals surface area contributed by atoms with Crippen LogP contribution in [0.4, 0.5) is 15.0 Å². The fourth-order valence-electron chi connectivity index (χ4n) is 2.03. The van der Waals surface area contributed by atoms with Gasteiger partial charge in [0, 0.05) is 26.2 Å². The van der Waals surface area contributed by atoms with E-state index in [1.807, 2.05) is 25.7 Å². The summed E-state index contributed by atoms with van der Waals surface area (Å²) >= 11 is 3.08. The summed E-state index contributed by atoms with van der Waals surface area (Å²) in [6.07, 6.45) is -0.308. The monoisotopic (exact) mass is 359 g/mol. The molecule has 0 aliphatic carbocycles. The number of anilines is 1. The summed E-state index contributed by atoms with van der Waals surface area (Å²) in [5, 5.41) is 0. The Bertz CT molecular complexity index is 525. The van der Waals surface area contributed by atoms with E-state index in [-0.39, 0.29) is 6.09 Å². The lowest BCUT2D eigenvalue weighted by atomic mass is 10.2. The van der Waals surface area contributed by atoms with Crippen LogP contribution in [0.3, 0.4) is 0 Å². The molecule has 0 aromatic carbocycles. The van der Waals surface area contributed by atoms with Gasteiger partial charge in [-0.2, -0.15) is 4.39 Å². The molecular formula is C14H19BrFN3O2. The predicted octanol–water partition coefficient (Wildman–Crippen LogP) is 3.04. The van der Waals surface area contributed by atoms with Crippen molar-refractivity contribution in [1.29, 1.82) is 0 Å². The Hall–Kier alpha value is -1.37. The van der Waals surface area contributed by atoms with E-state index in [1.165, 1.54) is 0 Å². The number of pyridine rings is 1. The van der Waals surface area contributed by atoms with Crippen LogP contribution in [0.5, 0.6) is 0 Å². The average molecular weight is 360 g/mol. The van der Waals surface area contributed by atoms with Crippen molar-refractivity contribution < 1.29 is 13.9 Å².